The quantitative estimate of drug-likeness (QED) is 0.626. The maximum Gasteiger partial charge on any atom is 0.175 e. The molecule has 0 aliphatic heterocycles. The average Bonchev–Trinajstić information content (AvgIpc) is 2.54. The fourth-order valence-corrected chi connectivity index (χ4v) is 2.99. The van der Waals surface area contributed by atoms with Crippen molar-refractivity contribution in [2.75, 3.05) is 13.7 Å². The molecule has 0 spiro atoms. The van der Waals surface area contributed by atoms with Crippen LogP contribution in [0.15, 0.2) is 40.9 Å². The maximum atomic E-state index is 5.95. The Kier molecular flexibility index (Phi) is 7.40. The van der Waals surface area contributed by atoms with E-state index >= 15 is 0 Å². The van der Waals surface area contributed by atoms with E-state index < -0.39 is 0 Å². The third kappa shape index (κ3) is 5.69. The molecule has 2 aromatic carbocycles. The summed E-state index contributed by atoms with van der Waals surface area (Å²) in [5, 5.41) is 4.15. The molecule has 2 aromatic rings. The monoisotopic (exact) mass is 411 g/mol. The summed E-state index contributed by atoms with van der Waals surface area (Å²) in [6.45, 7) is 6.62. The lowest BCUT2D eigenvalue weighted by Gasteiger charge is -2.15. The van der Waals surface area contributed by atoms with E-state index in [2.05, 4.69) is 41.2 Å². The number of hydrogen-bond donors (Lipinski definition) is 1. The first-order valence-corrected chi connectivity index (χ1v) is 9.11. The molecule has 0 saturated carbocycles. The number of methoxy groups -OCH3 is 1. The molecule has 0 unspecified atom stereocenters. The Morgan fingerprint density at radius 3 is 2.46 bits per heavy atom. The van der Waals surface area contributed by atoms with Crippen LogP contribution in [0.1, 0.15) is 25.0 Å². The summed E-state index contributed by atoms with van der Waals surface area (Å²) in [5.41, 5.74) is 2.20. The number of nitrogens with one attached hydrogen (secondary N) is 1. The second kappa shape index (κ2) is 9.30. The van der Waals surface area contributed by atoms with Crippen LogP contribution in [0.4, 0.5) is 0 Å². The van der Waals surface area contributed by atoms with E-state index in [1.54, 1.807) is 7.11 Å². The molecule has 0 aliphatic rings. The van der Waals surface area contributed by atoms with Gasteiger partial charge in [0.2, 0.25) is 0 Å². The normalized spacial score (nSPS) is 10.9. The molecule has 0 saturated heterocycles. The molecule has 1 N–H and O–H groups in total. The zero-order valence-corrected chi connectivity index (χ0v) is 16.6. The predicted molar refractivity (Wildman–Crippen MR) is 103 cm³/mol. The van der Waals surface area contributed by atoms with Gasteiger partial charge in [-0.2, -0.15) is 0 Å². The van der Waals surface area contributed by atoms with Gasteiger partial charge in [0, 0.05) is 11.6 Å². The van der Waals surface area contributed by atoms with Crippen LogP contribution in [-0.2, 0) is 13.2 Å². The minimum atomic E-state index is 0.455. The van der Waals surface area contributed by atoms with Gasteiger partial charge in [0.15, 0.2) is 11.5 Å². The molecule has 0 amide bonds. The van der Waals surface area contributed by atoms with Crippen molar-refractivity contribution < 1.29 is 9.47 Å². The molecule has 0 heterocycles. The summed E-state index contributed by atoms with van der Waals surface area (Å²) < 4.78 is 12.3. The molecule has 0 bridgehead atoms. The van der Waals surface area contributed by atoms with E-state index in [1.807, 2.05) is 30.3 Å². The zero-order chi connectivity index (χ0) is 17.5. The highest BCUT2D eigenvalue weighted by Gasteiger charge is 2.12. The molecular weight excluding hydrogens is 390 g/mol. The first-order chi connectivity index (χ1) is 11.5. The molecule has 0 aliphatic carbocycles. The topological polar surface area (TPSA) is 30.5 Å². The van der Waals surface area contributed by atoms with Gasteiger partial charge in [-0.15, -0.1) is 0 Å². The Labute approximate surface area is 157 Å². The Morgan fingerprint density at radius 1 is 1.12 bits per heavy atom. The van der Waals surface area contributed by atoms with Crippen LogP contribution in [0, 0.1) is 5.92 Å². The second-order valence-corrected chi connectivity index (χ2v) is 7.34. The summed E-state index contributed by atoms with van der Waals surface area (Å²) in [6, 6.07) is 11.7. The van der Waals surface area contributed by atoms with Crippen LogP contribution in [0.2, 0.25) is 5.02 Å². The molecule has 3 nitrogen and oxygen atoms in total. The minimum absolute atomic E-state index is 0.455. The number of halogens is 2. The maximum absolute atomic E-state index is 5.95. The van der Waals surface area contributed by atoms with Crippen molar-refractivity contribution in [1.29, 1.82) is 0 Å². The number of benzene rings is 2. The first kappa shape index (κ1) is 19.1. The second-order valence-electron chi connectivity index (χ2n) is 6.05. The minimum Gasteiger partial charge on any atom is -0.493 e. The largest absolute Gasteiger partial charge is 0.493 e. The molecule has 0 atom stereocenters. The molecule has 2 rings (SSSR count). The van der Waals surface area contributed by atoms with Crippen molar-refractivity contribution in [2.45, 2.75) is 27.0 Å². The third-order valence-electron chi connectivity index (χ3n) is 3.47. The first-order valence-electron chi connectivity index (χ1n) is 7.94. The van der Waals surface area contributed by atoms with Gasteiger partial charge in [-0.3, -0.25) is 0 Å². The van der Waals surface area contributed by atoms with Gasteiger partial charge in [-0.05, 0) is 63.8 Å². The molecule has 0 aromatic heterocycles. The van der Waals surface area contributed by atoms with Gasteiger partial charge in [0.05, 0.1) is 11.6 Å². The highest BCUT2D eigenvalue weighted by atomic mass is 79.9. The summed E-state index contributed by atoms with van der Waals surface area (Å²) in [5.74, 6) is 2.05. The average molecular weight is 413 g/mol. The molecule has 0 radical (unpaired) electrons. The van der Waals surface area contributed by atoms with Crippen molar-refractivity contribution in [3.05, 3.63) is 57.0 Å². The Hall–Kier alpha value is -1.23. The van der Waals surface area contributed by atoms with Gasteiger partial charge in [-0.1, -0.05) is 37.6 Å². The standard InChI is InChI=1S/C19H23BrClNO2/c1-13(2)10-22-11-15-8-17(20)19(18(9-15)23-3)24-12-14-4-6-16(21)7-5-14/h4-9,13,22H,10-12H2,1-3H3. The lowest BCUT2D eigenvalue weighted by atomic mass is 10.1. The molecule has 0 fully saturated rings. The molecule has 5 heteroatoms. The smallest absolute Gasteiger partial charge is 0.175 e. The third-order valence-corrected chi connectivity index (χ3v) is 4.31. The molecular formula is C19H23BrClNO2. The van der Waals surface area contributed by atoms with Gasteiger partial charge in [0.1, 0.15) is 6.61 Å². The predicted octanol–water partition coefficient (Wildman–Crippen LogP) is 5.44. The van der Waals surface area contributed by atoms with Crippen molar-refractivity contribution in [2.24, 2.45) is 5.92 Å². The van der Waals surface area contributed by atoms with E-state index in [0.29, 0.717) is 18.3 Å². The van der Waals surface area contributed by atoms with Crippen LogP contribution in [0.3, 0.4) is 0 Å². The summed E-state index contributed by atoms with van der Waals surface area (Å²) >= 11 is 9.50. The van der Waals surface area contributed by atoms with Crippen LogP contribution in [-0.4, -0.2) is 13.7 Å². The van der Waals surface area contributed by atoms with E-state index in [1.165, 1.54) is 0 Å². The van der Waals surface area contributed by atoms with Crippen molar-refractivity contribution in [3.63, 3.8) is 0 Å². The summed E-state index contributed by atoms with van der Waals surface area (Å²) in [6.07, 6.45) is 0. The Bertz CT molecular complexity index is 659. The summed E-state index contributed by atoms with van der Waals surface area (Å²) in [7, 11) is 1.66. The molecule has 24 heavy (non-hydrogen) atoms. The van der Waals surface area contributed by atoms with Crippen LogP contribution in [0.25, 0.3) is 0 Å². The fourth-order valence-electron chi connectivity index (χ4n) is 2.26. The van der Waals surface area contributed by atoms with Crippen molar-refractivity contribution >= 4 is 27.5 Å². The van der Waals surface area contributed by atoms with E-state index in [4.69, 9.17) is 21.1 Å². The number of rotatable bonds is 8. The van der Waals surface area contributed by atoms with E-state index in [0.717, 1.165) is 39.5 Å². The Morgan fingerprint density at radius 2 is 1.83 bits per heavy atom. The zero-order valence-electron chi connectivity index (χ0n) is 14.2. The van der Waals surface area contributed by atoms with E-state index in [9.17, 15) is 0 Å². The van der Waals surface area contributed by atoms with Crippen molar-refractivity contribution in [1.82, 2.24) is 5.32 Å². The van der Waals surface area contributed by atoms with Crippen LogP contribution in [0.5, 0.6) is 11.5 Å². The summed E-state index contributed by atoms with van der Waals surface area (Å²) in [4.78, 5) is 0. The van der Waals surface area contributed by atoms with Gasteiger partial charge in [0.25, 0.3) is 0 Å². The lowest BCUT2D eigenvalue weighted by molar-refractivity contribution is 0.282. The lowest BCUT2D eigenvalue weighted by Crippen LogP contribution is -2.19. The highest BCUT2D eigenvalue weighted by molar-refractivity contribution is 9.10. The van der Waals surface area contributed by atoms with Gasteiger partial charge in [-0.25, -0.2) is 0 Å². The van der Waals surface area contributed by atoms with E-state index in [-0.39, 0.29) is 0 Å². The van der Waals surface area contributed by atoms with Crippen LogP contribution >= 0.6 is 27.5 Å². The fraction of sp³-hybridized carbons (Fsp3) is 0.368. The number of hydrogen-bond acceptors (Lipinski definition) is 3. The molecule has 130 valence electrons. The highest BCUT2D eigenvalue weighted by Crippen LogP contribution is 2.37. The van der Waals surface area contributed by atoms with Crippen molar-refractivity contribution in [3.8, 4) is 11.5 Å². The Balaban J connectivity index is 2.07. The van der Waals surface area contributed by atoms with Crippen LogP contribution < -0.4 is 14.8 Å². The SMILES string of the molecule is COc1cc(CNCC(C)C)cc(Br)c1OCc1ccc(Cl)cc1. The van der Waals surface area contributed by atoms with Gasteiger partial charge < -0.3 is 14.8 Å². The number of ether oxygens (including phenoxy) is 2. The van der Waals surface area contributed by atoms with Gasteiger partial charge >= 0.3 is 0 Å².